The van der Waals surface area contributed by atoms with Crippen LogP contribution < -0.4 is 10.4 Å². The molecular formula is C15H16N2O4. The summed E-state index contributed by atoms with van der Waals surface area (Å²) in [6.45, 7) is 0.398. The van der Waals surface area contributed by atoms with Gasteiger partial charge in [-0.2, -0.15) is 0 Å². The molecule has 1 aliphatic rings. The van der Waals surface area contributed by atoms with Crippen LogP contribution >= 0.6 is 0 Å². The fraction of sp³-hybridized carbons (Fsp3) is 0.333. The zero-order valence-electron chi connectivity index (χ0n) is 11.7. The first kappa shape index (κ1) is 13.5. The Labute approximate surface area is 121 Å². The van der Waals surface area contributed by atoms with Crippen LogP contribution in [0.3, 0.4) is 0 Å². The molecule has 6 heteroatoms. The SMILES string of the molecule is COc1cc(Cn2ccn(C3CC3)c2=O)ccc1C(=O)O. The lowest BCUT2D eigenvalue weighted by Crippen LogP contribution is -2.23. The largest absolute Gasteiger partial charge is 0.496 e. The third-order valence-electron chi connectivity index (χ3n) is 3.66. The summed E-state index contributed by atoms with van der Waals surface area (Å²) in [6, 6.07) is 5.21. The van der Waals surface area contributed by atoms with Crippen LogP contribution in [0.4, 0.5) is 0 Å². The van der Waals surface area contributed by atoms with Gasteiger partial charge in [-0.25, -0.2) is 9.59 Å². The highest BCUT2D eigenvalue weighted by atomic mass is 16.5. The molecule has 0 unspecified atom stereocenters. The Kier molecular flexibility index (Phi) is 3.29. The van der Waals surface area contributed by atoms with Gasteiger partial charge < -0.3 is 9.84 Å². The van der Waals surface area contributed by atoms with Gasteiger partial charge in [-0.3, -0.25) is 9.13 Å². The second kappa shape index (κ2) is 5.12. The quantitative estimate of drug-likeness (QED) is 0.909. The van der Waals surface area contributed by atoms with Crippen LogP contribution in [0.2, 0.25) is 0 Å². The van der Waals surface area contributed by atoms with Gasteiger partial charge in [0.05, 0.1) is 13.7 Å². The molecule has 1 fully saturated rings. The Balaban J connectivity index is 1.88. The minimum atomic E-state index is -1.03. The zero-order valence-corrected chi connectivity index (χ0v) is 11.7. The lowest BCUT2D eigenvalue weighted by molar-refractivity contribution is 0.0693. The van der Waals surface area contributed by atoms with E-state index in [0.29, 0.717) is 18.3 Å². The zero-order chi connectivity index (χ0) is 15.0. The highest BCUT2D eigenvalue weighted by molar-refractivity contribution is 5.90. The van der Waals surface area contributed by atoms with Crippen molar-refractivity contribution in [2.24, 2.45) is 0 Å². The highest BCUT2D eigenvalue weighted by Gasteiger charge is 2.25. The molecule has 2 aromatic rings. The van der Waals surface area contributed by atoms with E-state index in [2.05, 4.69) is 0 Å². The van der Waals surface area contributed by atoms with Crippen LogP contribution in [0, 0.1) is 0 Å². The summed E-state index contributed by atoms with van der Waals surface area (Å²) >= 11 is 0. The minimum absolute atomic E-state index is 0.0289. The van der Waals surface area contributed by atoms with Gasteiger partial charge in [0.25, 0.3) is 0 Å². The topological polar surface area (TPSA) is 73.5 Å². The average Bonchev–Trinajstić information content (AvgIpc) is 3.25. The van der Waals surface area contributed by atoms with Gasteiger partial charge in [0.1, 0.15) is 11.3 Å². The van der Waals surface area contributed by atoms with Gasteiger partial charge in [0.15, 0.2) is 0 Å². The van der Waals surface area contributed by atoms with Crippen molar-refractivity contribution >= 4 is 5.97 Å². The number of rotatable bonds is 5. The monoisotopic (exact) mass is 288 g/mol. The fourth-order valence-electron chi connectivity index (χ4n) is 2.39. The normalized spacial score (nSPS) is 14.1. The molecule has 1 saturated carbocycles. The first-order chi connectivity index (χ1) is 10.1. The molecule has 3 rings (SSSR count). The maximum atomic E-state index is 12.2. The number of carboxylic acids is 1. The smallest absolute Gasteiger partial charge is 0.339 e. The summed E-state index contributed by atoms with van der Waals surface area (Å²) in [5.41, 5.74) is 0.912. The number of aromatic nitrogens is 2. The van der Waals surface area contributed by atoms with E-state index in [1.807, 2.05) is 6.20 Å². The van der Waals surface area contributed by atoms with Crippen molar-refractivity contribution in [1.82, 2.24) is 9.13 Å². The summed E-state index contributed by atoms with van der Waals surface area (Å²) in [7, 11) is 1.43. The summed E-state index contributed by atoms with van der Waals surface area (Å²) in [4.78, 5) is 23.2. The van der Waals surface area contributed by atoms with Crippen LogP contribution in [0.1, 0.15) is 34.8 Å². The molecule has 1 aliphatic carbocycles. The summed E-state index contributed by atoms with van der Waals surface area (Å²) in [6.07, 6.45) is 5.69. The molecule has 110 valence electrons. The molecule has 1 aromatic heterocycles. The summed E-state index contributed by atoms with van der Waals surface area (Å²) in [5, 5.41) is 9.05. The molecule has 0 saturated heterocycles. The van der Waals surface area contributed by atoms with E-state index < -0.39 is 5.97 Å². The maximum absolute atomic E-state index is 12.2. The Morgan fingerprint density at radius 1 is 1.38 bits per heavy atom. The number of hydrogen-bond donors (Lipinski definition) is 1. The van der Waals surface area contributed by atoms with E-state index in [0.717, 1.165) is 18.4 Å². The van der Waals surface area contributed by atoms with Crippen molar-refractivity contribution < 1.29 is 14.6 Å². The first-order valence-electron chi connectivity index (χ1n) is 6.77. The molecule has 1 N–H and O–H groups in total. The van der Waals surface area contributed by atoms with Crippen LogP contribution in [0.5, 0.6) is 5.75 Å². The van der Waals surface area contributed by atoms with Crippen LogP contribution in [0.25, 0.3) is 0 Å². The molecule has 0 atom stereocenters. The summed E-state index contributed by atoms with van der Waals surface area (Å²) in [5.74, 6) is -0.731. The van der Waals surface area contributed by atoms with Crippen molar-refractivity contribution in [1.29, 1.82) is 0 Å². The Bertz CT molecular complexity index is 740. The van der Waals surface area contributed by atoms with E-state index in [-0.39, 0.29) is 11.3 Å². The van der Waals surface area contributed by atoms with E-state index in [9.17, 15) is 9.59 Å². The van der Waals surface area contributed by atoms with Crippen molar-refractivity contribution in [3.63, 3.8) is 0 Å². The number of carboxylic acid groups (broad SMARTS) is 1. The molecule has 0 spiro atoms. The van der Waals surface area contributed by atoms with Gasteiger partial charge in [-0.1, -0.05) is 6.07 Å². The Morgan fingerprint density at radius 2 is 2.14 bits per heavy atom. The molecular weight excluding hydrogens is 272 g/mol. The molecule has 0 aliphatic heterocycles. The molecule has 0 bridgehead atoms. The number of imidazole rings is 1. The third-order valence-corrected chi connectivity index (χ3v) is 3.66. The lowest BCUT2D eigenvalue weighted by Gasteiger charge is -2.08. The number of carbonyl (C=O) groups is 1. The van der Waals surface area contributed by atoms with Gasteiger partial charge in [0, 0.05) is 18.4 Å². The van der Waals surface area contributed by atoms with Crippen molar-refractivity contribution in [3.05, 3.63) is 52.2 Å². The molecule has 1 aromatic carbocycles. The maximum Gasteiger partial charge on any atom is 0.339 e. The second-order valence-corrected chi connectivity index (χ2v) is 5.19. The number of aromatic carboxylic acids is 1. The van der Waals surface area contributed by atoms with Crippen molar-refractivity contribution in [2.45, 2.75) is 25.4 Å². The Hall–Kier alpha value is -2.50. The minimum Gasteiger partial charge on any atom is -0.496 e. The number of nitrogens with zero attached hydrogens (tertiary/aromatic N) is 2. The second-order valence-electron chi connectivity index (χ2n) is 5.19. The van der Waals surface area contributed by atoms with Gasteiger partial charge >= 0.3 is 11.7 Å². The van der Waals surface area contributed by atoms with Gasteiger partial charge in [-0.05, 0) is 30.5 Å². The standard InChI is InChI=1S/C15H16N2O4/c1-21-13-8-10(2-5-12(13)14(18)19)9-16-6-7-17(15(16)20)11-3-4-11/h2,5-8,11H,3-4,9H2,1H3,(H,18,19). The van der Waals surface area contributed by atoms with Gasteiger partial charge in [-0.15, -0.1) is 0 Å². The fourth-order valence-corrected chi connectivity index (χ4v) is 2.39. The third kappa shape index (κ3) is 2.56. The van der Waals surface area contributed by atoms with Crippen LogP contribution in [-0.4, -0.2) is 27.3 Å². The molecule has 21 heavy (non-hydrogen) atoms. The average molecular weight is 288 g/mol. The van der Waals surface area contributed by atoms with Gasteiger partial charge in [0.2, 0.25) is 0 Å². The molecule has 0 radical (unpaired) electrons. The van der Waals surface area contributed by atoms with E-state index >= 15 is 0 Å². The Morgan fingerprint density at radius 3 is 2.76 bits per heavy atom. The van der Waals surface area contributed by atoms with E-state index in [4.69, 9.17) is 9.84 Å². The lowest BCUT2D eigenvalue weighted by atomic mass is 10.1. The van der Waals surface area contributed by atoms with Crippen molar-refractivity contribution in [2.75, 3.05) is 7.11 Å². The predicted molar refractivity (Wildman–Crippen MR) is 76.0 cm³/mol. The molecule has 6 nitrogen and oxygen atoms in total. The predicted octanol–water partition coefficient (Wildman–Crippen LogP) is 1.74. The molecule has 0 amide bonds. The van der Waals surface area contributed by atoms with Crippen LogP contribution in [0.15, 0.2) is 35.4 Å². The van der Waals surface area contributed by atoms with E-state index in [1.165, 1.54) is 13.2 Å². The van der Waals surface area contributed by atoms with Crippen molar-refractivity contribution in [3.8, 4) is 5.75 Å². The number of ether oxygens (including phenoxy) is 1. The number of benzene rings is 1. The highest BCUT2D eigenvalue weighted by Crippen LogP contribution is 2.33. The number of methoxy groups -OCH3 is 1. The summed E-state index contributed by atoms with van der Waals surface area (Å²) < 4.78 is 8.47. The van der Waals surface area contributed by atoms with Crippen LogP contribution in [-0.2, 0) is 6.54 Å². The number of hydrogen-bond acceptors (Lipinski definition) is 3. The first-order valence-corrected chi connectivity index (χ1v) is 6.77. The van der Waals surface area contributed by atoms with E-state index in [1.54, 1.807) is 27.5 Å². The molecule has 1 heterocycles.